The molecule has 8 nitrogen and oxygen atoms in total. The second-order valence-corrected chi connectivity index (χ2v) is 9.15. The van der Waals surface area contributed by atoms with Gasteiger partial charge in [-0.15, -0.1) is 5.10 Å². The number of nitrogens with zero attached hydrogens (tertiary/aromatic N) is 6. The molecule has 0 aliphatic heterocycles. The van der Waals surface area contributed by atoms with Crippen molar-refractivity contribution in [2.75, 3.05) is 19.0 Å². The smallest absolute Gasteiger partial charge is 0.244 e. The molecule has 0 saturated heterocycles. The van der Waals surface area contributed by atoms with Crippen molar-refractivity contribution in [3.8, 4) is 17.1 Å². The molecule has 1 fully saturated rings. The third kappa shape index (κ3) is 3.21. The lowest BCUT2D eigenvalue weighted by Crippen LogP contribution is -2.23. The maximum Gasteiger partial charge on any atom is 0.244 e. The van der Waals surface area contributed by atoms with E-state index in [0.29, 0.717) is 11.8 Å². The van der Waals surface area contributed by atoms with Gasteiger partial charge >= 0.3 is 0 Å². The van der Waals surface area contributed by atoms with E-state index in [9.17, 15) is 4.21 Å². The summed E-state index contributed by atoms with van der Waals surface area (Å²) in [7, 11) is 2.81. The van der Waals surface area contributed by atoms with E-state index in [1.807, 2.05) is 49.3 Å². The molecular formula is C20H21N7OS. The molecule has 1 saturated carbocycles. The van der Waals surface area contributed by atoms with Crippen LogP contribution >= 0.6 is 0 Å². The fourth-order valence-electron chi connectivity index (χ4n) is 3.34. The maximum atomic E-state index is 12.6. The Balaban J connectivity index is 1.49. The van der Waals surface area contributed by atoms with E-state index >= 15 is 0 Å². The highest BCUT2D eigenvalue weighted by Crippen LogP contribution is 2.29. The van der Waals surface area contributed by atoms with Crippen LogP contribution in [0.15, 0.2) is 47.6 Å². The summed E-state index contributed by atoms with van der Waals surface area (Å²) in [6, 6.07) is 9.85. The molecule has 5 rings (SSSR count). The molecular weight excluding hydrogens is 386 g/mol. The van der Waals surface area contributed by atoms with E-state index in [4.69, 9.17) is 0 Å². The lowest BCUT2D eigenvalue weighted by atomic mass is 10.0. The van der Waals surface area contributed by atoms with Gasteiger partial charge in [0.1, 0.15) is 0 Å². The first-order valence-corrected chi connectivity index (χ1v) is 10.8. The van der Waals surface area contributed by atoms with Gasteiger partial charge in [-0.25, -0.2) is 9.67 Å². The monoisotopic (exact) mass is 407 g/mol. The normalized spacial score (nSPS) is 15.4. The van der Waals surface area contributed by atoms with Gasteiger partial charge in [0.05, 0.1) is 27.6 Å². The number of aromatic nitrogens is 6. The number of aromatic amines is 1. The van der Waals surface area contributed by atoms with Crippen molar-refractivity contribution in [2.24, 2.45) is 0 Å². The predicted octanol–water partition coefficient (Wildman–Crippen LogP) is 2.93. The highest BCUT2D eigenvalue weighted by atomic mass is 32.2. The molecule has 3 aromatic heterocycles. The van der Waals surface area contributed by atoms with Crippen LogP contribution in [0.3, 0.4) is 0 Å². The van der Waals surface area contributed by atoms with Crippen LogP contribution in [0.1, 0.15) is 19.3 Å². The highest BCUT2D eigenvalue weighted by molar-refractivity contribution is 7.85. The van der Waals surface area contributed by atoms with Crippen molar-refractivity contribution in [1.29, 1.82) is 0 Å². The van der Waals surface area contributed by atoms with Gasteiger partial charge in [0, 0.05) is 36.5 Å². The number of pyridine rings is 1. The Kier molecular flexibility index (Phi) is 4.39. The Bertz CT molecular complexity index is 1210. The largest absolute Gasteiger partial charge is 0.346 e. The van der Waals surface area contributed by atoms with Crippen LogP contribution in [0.5, 0.6) is 0 Å². The van der Waals surface area contributed by atoms with Gasteiger partial charge in [0.2, 0.25) is 5.95 Å². The zero-order valence-electron chi connectivity index (χ0n) is 16.2. The summed E-state index contributed by atoms with van der Waals surface area (Å²) in [5, 5.41) is 12.9. The maximum absolute atomic E-state index is 12.6. The number of benzene rings is 1. The Labute approximate surface area is 170 Å². The molecule has 148 valence electrons. The van der Waals surface area contributed by atoms with Gasteiger partial charge in [-0.1, -0.05) is 18.6 Å². The quantitative estimate of drug-likeness (QED) is 0.547. The number of hydrogen-bond acceptors (Lipinski definition) is 6. The third-order valence-electron chi connectivity index (χ3n) is 5.21. The minimum absolute atomic E-state index is 0.273. The zero-order chi connectivity index (χ0) is 20.0. The number of fused-ring (bicyclic) bond motifs is 1. The van der Waals surface area contributed by atoms with Gasteiger partial charge in [0.25, 0.3) is 0 Å². The number of H-pyrrole nitrogens is 1. The van der Waals surface area contributed by atoms with Gasteiger partial charge in [-0.2, -0.15) is 10.1 Å². The fraction of sp³-hybridized carbons (Fsp3) is 0.300. The van der Waals surface area contributed by atoms with Crippen LogP contribution in [0.25, 0.3) is 28.1 Å². The van der Waals surface area contributed by atoms with Crippen molar-refractivity contribution in [3.63, 3.8) is 0 Å². The number of anilines is 1. The molecule has 4 aromatic rings. The van der Waals surface area contributed by atoms with Crippen molar-refractivity contribution < 1.29 is 4.21 Å². The molecule has 3 heterocycles. The first kappa shape index (κ1) is 18.0. The molecule has 0 bridgehead atoms. The van der Waals surface area contributed by atoms with E-state index < -0.39 is 10.8 Å². The summed E-state index contributed by atoms with van der Waals surface area (Å²) < 4.78 is 14.4. The standard InChI is InChI=1S/C20H21N7OS/c1-26(2)20-23-18(24-25-20)13-5-3-6-15(9-13)27-19-14(11-22-27)10-17(12-21-19)29(28)16-7-4-8-16/h3,5-6,9-12,16H,4,7-8H2,1-2H3,(H,23,24,25)/t29-/m0/s1. The number of rotatable bonds is 5. The van der Waals surface area contributed by atoms with E-state index in [2.05, 4.69) is 25.3 Å². The first-order chi connectivity index (χ1) is 14.1. The van der Waals surface area contributed by atoms with Crippen LogP contribution in [0.2, 0.25) is 0 Å². The van der Waals surface area contributed by atoms with Crippen LogP contribution in [0, 0.1) is 0 Å². The minimum Gasteiger partial charge on any atom is -0.346 e. The van der Waals surface area contributed by atoms with E-state index in [0.717, 1.165) is 40.0 Å². The van der Waals surface area contributed by atoms with Crippen LogP contribution in [0.4, 0.5) is 5.95 Å². The van der Waals surface area contributed by atoms with E-state index in [-0.39, 0.29) is 5.25 Å². The molecule has 0 radical (unpaired) electrons. The molecule has 1 aliphatic rings. The molecule has 9 heteroatoms. The van der Waals surface area contributed by atoms with Crippen molar-refractivity contribution in [2.45, 2.75) is 29.4 Å². The minimum atomic E-state index is -0.986. The van der Waals surface area contributed by atoms with Crippen LogP contribution in [-0.4, -0.2) is 53.5 Å². The van der Waals surface area contributed by atoms with Crippen molar-refractivity contribution >= 4 is 27.8 Å². The lowest BCUT2D eigenvalue weighted by molar-refractivity contribution is 0.505. The summed E-state index contributed by atoms with van der Waals surface area (Å²) >= 11 is 0. The fourth-order valence-corrected chi connectivity index (χ4v) is 4.89. The lowest BCUT2D eigenvalue weighted by Gasteiger charge is -2.24. The average molecular weight is 408 g/mol. The Morgan fingerprint density at radius 2 is 2.07 bits per heavy atom. The average Bonchev–Trinajstić information content (AvgIpc) is 3.34. The zero-order valence-corrected chi connectivity index (χ0v) is 17.1. The molecule has 1 atom stereocenters. The summed E-state index contributed by atoms with van der Waals surface area (Å²) in [5.74, 6) is 1.32. The molecule has 1 aromatic carbocycles. The van der Waals surface area contributed by atoms with Gasteiger partial charge in [0.15, 0.2) is 11.5 Å². The molecule has 0 spiro atoms. The number of hydrogen-bond donors (Lipinski definition) is 1. The second kappa shape index (κ2) is 7.07. The van der Waals surface area contributed by atoms with Crippen molar-refractivity contribution in [1.82, 2.24) is 29.9 Å². The van der Waals surface area contributed by atoms with E-state index in [1.165, 1.54) is 6.42 Å². The second-order valence-electron chi connectivity index (χ2n) is 7.42. The molecule has 29 heavy (non-hydrogen) atoms. The number of nitrogens with one attached hydrogen (secondary N) is 1. The Morgan fingerprint density at radius 3 is 2.79 bits per heavy atom. The van der Waals surface area contributed by atoms with Gasteiger partial charge < -0.3 is 4.90 Å². The topological polar surface area (TPSA) is 92.6 Å². The molecule has 1 N–H and O–H groups in total. The van der Waals surface area contributed by atoms with Gasteiger partial charge in [-0.05, 0) is 31.0 Å². The Morgan fingerprint density at radius 1 is 1.21 bits per heavy atom. The molecule has 0 amide bonds. The predicted molar refractivity (Wildman–Crippen MR) is 113 cm³/mol. The first-order valence-electron chi connectivity index (χ1n) is 9.55. The summed E-state index contributed by atoms with van der Waals surface area (Å²) in [4.78, 5) is 11.7. The van der Waals surface area contributed by atoms with Gasteiger partial charge in [-0.3, -0.25) is 9.31 Å². The summed E-state index contributed by atoms with van der Waals surface area (Å²) in [6.07, 6.45) is 6.73. The van der Waals surface area contributed by atoms with Crippen LogP contribution < -0.4 is 4.90 Å². The molecule has 0 unspecified atom stereocenters. The van der Waals surface area contributed by atoms with Crippen molar-refractivity contribution in [3.05, 3.63) is 42.7 Å². The SMILES string of the molecule is CN(C)c1n[nH]c(-c2cccc(-n3ncc4cc([S@@](=O)C5CCC5)cnc43)c2)n1. The van der Waals surface area contributed by atoms with E-state index in [1.54, 1.807) is 17.1 Å². The Hall–Kier alpha value is -3.07. The summed E-state index contributed by atoms with van der Waals surface area (Å²) in [5.41, 5.74) is 2.53. The third-order valence-corrected chi connectivity index (χ3v) is 6.97. The summed E-state index contributed by atoms with van der Waals surface area (Å²) in [6.45, 7) is 0. The highest BCUT2D eigenvalue weighted by Gasteiger charge is 2.25. The van der Waals surface area contributed by atoms with Crippen LogP contribution in [-0.2, 0) is 10.8 Å². The molecule has 1 aliphatic carbocycles.